The van der Waals surface area contributed by atoms with Gasteiger partial charge in [0.2, 0.25) is 0 Å². The minimum atomic E-state index is 0.506. The molecule has 2 rings (SSSR count). The van der Waals surface area contributed by atoms with Crippen LogP contribution in [0.1, 0.15) is 59.3 Å². The summed E-state index contributed by atoms with van der Waals surface area (Å²) in [4.78, 5) is 0. The fourth-order valence-corrected chi connectivity index (χ4v) is 3.47. The Morgan fingerprint density at radius 3 is 2.33 bits per heavy atom. The average molecular weight is 253 g/mol. The fraction of sp³-hybridized carbons (Fsp3) is 1.00. The van der Waals surface area contributed by atoms with Crippen LogP contribution in [0.25, 0.3) is 0 Å². The SMILES string of the molecule is CC(C)(C)C1CCC(NCCC2CCOC2)CC1. The second kappa shape index (κ2) is 6.38. The summed E-state index contributed by atoms with van der Waals surface area (Å²) in [6.07, 6.45) is 8.16. The lowest BCUT2D eigenvalue weighted by Crippen LogP contribution is -2.37. The molecular formula is C16H31NO. The zero-order valence-electron chi connectivity index (χ0n) is 12.5. The van der Waals surface area contributed by atoms with E-state index in [-0.39, 0.29) is 0 Å². The predicted molar refractivity (Wildman–Crippen MR) is 76.7 cm³/mol. The Bertz CT molecular complexity index is 232. The Morgan fingerprint density at radius 2 is 1.78 bits per heavy atom. The normalized spacial score (nSPS) is 33.8. The lowest BCUT2D eigenvalue weighted by Gasteiger charge is -2.37. The van der Waals surface area contributed by atoms with E-state index in [1.807, 2.05) is 0 Å². The molecule has 1 unspecified atom stereocenters. The van der Waals surface area contributed by atoms with E-state index in [4.69, 9.17) is 4.74 Å². The monoisotopic (exact) mass is 253 g/mol. The first-order valence-corrected chi connectivity index (χ1v) is 7.87. The molecule has 1 saturated heterocycles. The molecular weight excluding hydrogens is 222 g/mol. The second-order valence-corrected chi connectivity index (χ2v) is 7.39. The molecule has 0 bridgehead atoms. The number of rotatable bonds is 4. The van der Waals surface area contributed by atoms with Crippen molar-refractivity contribution in [3.8, 4) is 0 Å². The standard InChI is InChI=1S/C16H31NO/c1-16(2,3)14-4-6-15(7-5-14)17-10-8-13-9-11-18-12-13/h13-15,17H,4-12H2,1-3H3. The molecule has 0 radical (unpaired) electrons. The van der Waals surface area contributed by atoms with E-state index in [1.54, 1.807) is 0 Å². The molecule has 0 aromatic heterocycles. The van der Waals surface area contributed by atoms with Crippen molar-refractivity contribution in [2.45, 2.75) is 65.3 Å². The van der Waals surface area contributed by atoms with Crippen molar-refractivity contribution in [1.82, 2.24) is 5.32 Å². The van der Waals surface area contributed by atoms with Gasteiger partial charge in [-0.3, -0.25) is 0 Å². The van der Waals surface area contributed by atoms with Gasteiger partial charge in [0.15, 0.2) is 0 Å². The van der Waals surface area contributed by atoms with Crippen LogP contribution in [0.5, 0.6) is 0 Å². The fourth-order valence-electron chi connectivity index (χ4n) is 3.47. The third-order valence-corrected chi connectivity index (χ3v) is 4.96. The van der Waals surface area contributed by atoms with Gasteiger partial charge in [0, 0.05) is 19.3 Å². The van der Waals surface area contributed by atoms with Crippen LogP contribution in [0, 0.1) is 17.3 Å². The highest BCUT2D eigenvalue weighted by atomic mass is 16.5. The van der Waals surface area contributed by atoms with Crippen LogP contribution < -0.4 is 5.32 Å². The first kappa shape index (κ1) is 14.3. The molecule has 2 nitrogen and oxygen atoms in total. The third kappa shape index (κ3) is 4.24. The van der Waals surface area contributed by atoms with E-state index in [1.165, 1.54) is 45.1 Å². The topological polar surface area (TPSA) is 21.3 Å². The van der Waals surface area contributed by atoms with Crippen molar-refractivity contribution in [1.29, 1.82) is 0 Å². The number of hydrogen-bond acceptors (Lipinski definition) is 2. The molecule has 1 atom stereocenters. The van der Waals surface area contributed by atoms with Crippen molar-refractivity contribution in [2.24, 2.45) is 17.3 Å². The van der Waals surface area contributed by atoms with Gasteiger partial charge in [0.1, 0.15) is 0 Å². The van der Waals surface area contributed by atoms with Gasteiger partial charge in [0.05, 0.1) is 0 Å². The quantitative estimate of drug-likeness (QED) is 0.826. The summed E-state index contributed by atoms with van der Waals surface area (Å²) in [6.45, 7) is 10.4. The molecule has 2 fully saturated rings. The van der Waals surface area contributed by atoms with Crippen molar-refractivity contribution in [2.75, 3.05) is 19.8 Å². The largest absolute Gasteiger partial charge is 0.381 e. The van der Waals surface area contributed by atoms with Gasteiger partial charge in [-0.15, -0.1) is 0 Å². The number of hydrogen-bond donors (Lipinski definition) is 1. The van der Waals surface area contributed by atoms with Crippen molar-refractivity contribution in [3.63, 3.8) is 0 Å². The summed E-state index contributed by atoms with van der Waals surface area (Å²) in [6, 6.07) is 0.783. The van der Waals surface area contributed by atoms with E-state index in [0.29, 0.717) is 5.41 Å². The highest BCUT2D eigenvalue weighted by molar-refractivity contribution is 4.83. The smallest absolute Gasteiger partial charge is 0.0495 e. The van der Waals surface area contributed by atoms with Crippen LogP contribution in [0.15, 0.2) is 0 Å². The van der Waals surface area contributed by atoms with Crippen LogP contribution in [-0.2, 0) is 4.74 Å². The summed E-state index contributed by atoms with van der Waals surface area (Å²) < 4.78 is 5.42. The molecule has 1 heterocycles. The highest BCUT2D eigenvalue weighted by Gasteiger charge is 2.29. The van der Waals surface area contributed by atoms with Crippen molar-refractivity contribution < 1.29 is 4.74 Å². The van der Waals surface area contributed by atoms with Gasteiger partial charge >= 0.3 is 0 Å². The van der Waals surface area contributed by atoms with Crippen LogP contribution in [-0.4, -0.2) is 25.8 Å². The molecule has 2 heteroatoms. The van der Waals surface area contributed by atoms with Gasteiger partial charge in [-0.1, -0.05) is 20.8 Å². The lowest BCUT2D eigenvalue weighted by atomic mass is 9.71. The summed E-state index contributed by atoms with van der Waals surface area (Å²) in [5.74, 6) is 1.75. The molecule has 0 spiro atoms. The van der Waals surface area contributed by atoms with Gasteiger partial charge in [-0.25, -0.2) is 0 Å². The Labute approximate surface area is 113 Å². The maximum absolute atomic E-state index is 5.42. The Morgan fingerprint density at radius 1 is 1.06 bits per heavy atom. The summed E-state index contributed by atoms with van der Waals surface area (Å²) >= 11 is 0. The van der Waals surface area contributed by atoms with E-state index >= 15 is 0 Å². The first-order valence-electron chi connectivity index (χ1n) is 7.87. The maximum atomic E-state index is 5.42. The zero-order chi connectivity index (χ0) is 13.0. The molecule has 1 saturated carbocycles. The van der Waals surface area contributed by atoms with Gasteiger partial charge in [-0.05, 0) is 62.3 Å². The van der Waals surface area contributed by atoms with Crippen LogP contribution in [0.2, 0.25) is 0 Å². The molecule has 2 aliphatic rings. The van der Waals surface area contributed by atoms with E-state index in [2.05, 4.69) is 26.1 Å². The summed E-state index contributed by atoms with van der Waals surface area (Å²) in [5.41, 5.74) is 0.506. The molecule has 1 aliphatic carbocycles. The van der Waals surface area contributed by atoms with Gasteiger partial charge in [0.25, 0.3) is 0 Å². The summed E-state index contributed by atoms with van der Waals surface area (Å²) in [7, 11) is 0. The molecule has 0 aromatic rings. The summed E-state index contributed by atoms with van der Waals surface area (Å²) in [5, 5.41) is 3.76. The van der Waals surface area contributed by atoms with Gasteiger partial charge in [-0.2, -0.15) is 0 Å². The molecule has 0 amide bonds. The van der Waals surface area contributed by atoms with Crippen LogP contribution in [0.3, 0.4) is 0 Å². The second-order valence-electron chi connectivity index (χ2n) is 7.39. The third-order valence-electron chi connectivity index (χ3n) is 4.96. The Kier molecular flexibility index (Phi) is 5.08. The van der Waals surface area contributed by atoms with E-state index in [9.17, 15) is 0 Å². The molecule has 1 N–H and O–H groups in total. The van der Waals surface area contributed by atoms with E-state index in [0.717, 1.165) is 31.1 Å². The Hall–Kier alpha value is -0.0800. The lowest BCUT2D eigenvalue weighted by molar-refractivity contribution is 0.158. The number of ether oxygens (including phenoxy) is 1. The minimum Gasteiger partial charge on any atom is -0.381 e. The zero-order valence-corrected chi connectivity index (χ0v) is 12.5. The maximum Gasteiger partial charge on any atom is 0.0495 e. The van der Waals surface area contributed by atoms with Crippen LogP contribution in [0.4, 0.5) is 0 Å². The molecule has 1 aliphatic heterocycles. The number of nitrogens with one attached hydrogen (secondary N) is 1. The van der Waals surface area contributed by atoms with Gasteiger partial charge < -0.3 is 10.1 Å². The average Bonchev–Trinajstić information content (AvgIpc) is 2.82. The van der Waals surface area contributed by atoms with Crippen molar-refractivity contribution >= 4 is 0 Å². The van der Waals surface area contributed by atoms with Crippen molar-refractivity contribution in [3.05, 3.63) is 0 Å². The molecule has 0 aromatic carbocycles. The molecule has 106 valence electrons. The van der Waals surface area contributed by atoms with E-state index < -0.39 is 0 Å². The first-order chi connectivity index (χ1) is 8.55. The predicted octanol–water partition coefficient (Wildman–Crippen LogP) is 3.61. The Balaban J connectivity index is 1.58. The molecule has 18 heavy (non-hydrogen) atoms. The highest BCUT2D eigenvalue weighted by Crippen LogP contribution is 2.37. The minimum absolute atomic E-state index is 0.506. The van der Waals surface area contributed by atoms with Crippen LogP contribution >= 0.6 is 0 Å².